The maximum Gasteiger partial charge on any atom is 0.159 e. The van der Waals surface area contributed by atoms with Gasteiger partial charge in [-0.25, -0.2) is 0 Å². The molecule has 0 aliphatic heterocycles. The lowest BCUT2D eigenvalue weighted by atomic mass is 10.0. The molecule has 0 fully saturated rings. The zero-order valence-corrected chi connectivity index (χ0v) is 13.0. The third-order valence-electron chi connectivity index (χ3n) is 3.11. The molecule has 17 heavy (non-hydrogen) atoms. The first kappa shape index (κ1) is 16.9. The average molecular weight is 303 g/mol. The number of hydrogen-bond acceptors (Lipinski definition) is 1. The fourth-order valence-corrected chi connectivity index (χ4v) is 2.42. The van der Waals surface area contributed by atoms with E-state index in [4.69, 9.17) is 0 Å². The molecule has 100 valence electrons. The number of Topliss-reactive ketones (excluding diaryl/α,β-unsaturated/α-hetero) is 1. The first-order chi connectivity index (χ1) is 8.26. The smallest absolute Gasteiger partial charge is 0.159 e. The van der Waals surface area contributed by atoms with E-state index in [9.17, 15) is 4.79 Å². The minimum atomic E-state index is 0.282. The zero-order valence-electron chi connectivity index (χ0n) is 11.4. The lowest BCUT2D eigenvalue weighted by molar-refractivity contribution is -0.115. The largest absolute Gasteiger partial charge is 0.295 e. The molecule has 0 saturated heterocycles. The van der Waals surface area contributed by atoms with Gasteiger partial charge in [0.1, 0.15) is 0 Å². The molecule has 0 bridgehead atoms. The number of allylic oxidation sites excluding steroid dienone is 1. The van der Waals surface area contributed by atoms with Crippen molar-refractivity contribution in [3.05, 3.63) is 10.6 Å². The molecule has 0 radical (unpaired) electrons. The molecule has 0 aliphatic rings. The predicted octanol–water partition coefficient (Wildman–Crippen LogP) is 5.78. The summed E-state index contributed by atoms with van der Waals surface area (Å²) in [5, 5.41) is 0. The van der Waals surface area contributed by atoms with Gasteiger partial charge in [-0.2, -0.15) is 0 Å². The summed E-state index contributed by atoms with van der Waals surface area (Å²) in [6.07, 6.45) is 12.1. The molecule has 0 atom stereocenters. The van der Waals surface area contributed by atoms with Crippen molar-refractivity contribution in [1.29, 1.82) is 0 Å². The summed E-state index contributed by atoms with van der Waals surface area (Å²) < 4.78 is 0. The van der Waals surface area contributed by atoms with Gasteiger partial charge in [0, 0.05) is 12.0 Å². The summed E-state index contributed by atoms with van der Waals surface area (Å²) in [7, 11) is 0. The van der Waals surface area contributed by atoms with Gasteiger partial charge in [-0.1, -0.05) is 74.7 Å². The lowest BCUT2D eigenvalue weighted by Gasteiger charge is -2.04. The second-order valence-electron chi connectivity index (χ2n) is 4.64. The first-order valence-electron chi connectivity index (χ1n) is 7.08. The van der Waals surface area contributed by atoms with Crippen molar-refractivity contribution < 1.29 is 4.79 Å². The summed E-state index contributed by atoms with van der Waals surface area (Å²) in [6, 6.07) is 0. The summed E-state index contributed by atoms with van der Waals surface area (Å²) in [5.74, 6) is 0.282. The van der Waals surface area contributed by atoms with E-state index >= 15 is 0 Å². The molecule has 1 nitrogen and oxygen atoms in total. The van der Waals surface area contributed by atoms with Gasteiger partial charge >= 0.3 is 0 Å². The van der Waals surface area contributed by atoms with Gasteiger partial charge < -0.3 is 0 Å². The minimum Gasteiger partial charge on any atom is -0.295 e. The van der Waals surface area contributed by atoms with Crippen LogP contribution in [0.1, 0.15) is 78.1 Å². The fourth-order valence-electron chi connectivity index (χ4n) is 1.93. The van der Waals surface area contributed by atoms with Crippen LogP contribution in [-0.4, -0.2) is 5.78 Å². The van der Waals surface area contributed by atoms with Crippen LogP contribution in [0.3, 0.4) is 0 Å². The monoisotopic (exact) mass is 302 g/mol. The van der Waals surface area contributed by atoms with Crippen LogP contribution in [0.15, 0.2) is 10.6 Å². The van der Waals surface area contributed by atoms with Crippen LogP contribution in [0.2, 0.25) is 0 Å². The molecule has 0 aliphatic carbocycles. The molecule has 0 aromatic heterocycles. The second-order valence-corrected chi connectivity index (χ2v) is 5.09. The van der Waals surface area contributed by atoms with E-state index < -0.39 is 0 Å². The highest BCUT2D eigenvalue weighted by atomic mass is 79.9. The molecular weight excluding hydrogens is 276 g/mol. The summed E-state index contributed by atoms with van der Waals surface area (Å²) in [5.41, 5.74) is 0.957. The Kier molecular flexibility index (Phi) is 12.3. The van der Waals surface area contributed by atoms with Crippen molar-refractivity contribution in [2.75, 3.05) is 0 Å². The fraction of sp³-hybridized carbons (Fsp3) is 0.800. The van der Waals surface area contributed by atoms with Crippen molar-refractivity contribution in [3.8, 4) is 0 Å². The number of ketones is 1. The van der Waals surface area contributed by atoms with Crippen LogP contribution < -0.4 is 0 Å². The topological polar surface area (TPSA) is 17.1 Å². The SMILES string of the molecule is CCCCCCCCCCC(=CBr)C(=O)CC. The maximum atomic E-state index is 11.5. The third kappa shape index (κ3) is 9.58. The number of halogens is 1. The van der Waals surface area contributed by atoms with Crippen LogP contribution in [0.4, 0.5) is 0 Å². The Bertz CT molecular complexity index is 221. The molecule has 0 spiro atoms. The highest BCUT2D eigenvalue weighted by molar-refractivity contribution is 9.11. The summed E-state index contributed by atoms with van der Waals surface area (Å²) in [6.45, 7) is 4.17. The van der Waals surface area contributed by atoms with E-state index in [0.29, 0.717) is 6.42 Å². The minimum absolute atomic E-state index is 0.282. The molecule has 0 aromatic carbocycles. The molecule has 2 heteroatoms. The Labute approximate surface area is 115 Å². The van der Waals surface area contributed by atoms with Crippen LogP contribution in [0.5, 0.6) is 0 Å². The summed E-state index contributed by atoms with van der Waals surface area (Å²) in [4.78, 5) is 13.3. The van der Waals surface area contributed by atoms with Crippen molar-refractivity contribution in [1.82, 2.24) is 0 Å². The van der Waals surface area contributed by atoms with Crippen LogP contribution in [0.25, 0.3) is 0 Å². The number of carbonyl (C=O) groups excluding carboxylic acids is 1. The third-order valence-corrected chi connectivity index (χ3v) is 3.66. The van der Waals surface area contributed by atoms with Gasteiger partial charge in [0.05, 0.1) is 0 Å². The van der Waals surface area contributed by atoms with Gasteiger partial charge in [-0.05, 0) is 17.8 Å². The highest BCUT2D eigenvalue weighted by Gasteiger charge is 2.05. The number of rotatable bonds is 11. The van der Waals surface area contributed by atoms with E-state index in [1.165, 1.54) is 44.9 Å². The molecule has 0 heterocycles. The number of hydrogen-bond donors (Lipinski definition) is 0. The van der Waals surface area contributed by atoms with Crippen molar-refractivity contribution in [3.63, 3.8) is 0 Å². The number of carbonyl (C=O) groups is 1. The van der Waals surface area contributed by atoms with Crippen molar-refractivity contribution in [2.45, 2.75) is 78.1 Å². The lowest BCUT2D eigenvalue weighted by Crippen LogP contribution is -1.99. The van der Waals surface area contributed by atoms with Crippen LogP contribution >= 0.6 is 15.9 Å². The molecule has 0 amide bonds. The molecule has 0 N–H and O–H groups in total. The van der Waals surface area contributed by atoms with Crippen molar-refractivity contribution >= 4 is 21.7 Å². The predicted molar refractivity (Wildman–Crippen MR) is 79.5 cm³/mol. The Hall–Kier alpha value is -0.110. The van der Waals surface area contributed by atoms with Gasteiger partial charge in [0.25, 0.3) is 0 Å². The van der Waals surface area contributed by atoms with E-state index in [0.717, 1.165) is 18.4 Å². The van der Waals surface area contributed by atoms with E-state index in [-0.39, 0.29) is 5.78 Å². The normalized spacial score (nSPS) is 11.8. The maximum absolute atomic E-state index is 11.5. The Morgan fingerprint density at radius 1 is 0.941 bits per heavy atom. The standard InChI is InChI=1S/C15H27BrO/c1-3-5-6-7-8-9-10-11-12-14(13-16)15(17)4-2/h13H,3-12H2,1-2H3. The Morgan fingerprint density at radius 2 is 1.47 bits per heavy atom. The molecule has 0 unspecified atom stereocenters. The molecule has 0 saturated carbocycles. The van der Waals surface area contributed by atoms with E-state index in [1.807, 2.05) is 6.92 Å². The first-order valence-corrected chi connectivity index (χ1v) is 8.00. The zero-order chi connectivity index (χ0) is 12.9. The van der Waals surface area contributed by atoms with Gasteiger partial charge in [0.2, 0.25) is 0 Å². The van der Waals surface area contributed by atoms with Gasteiger partial charge in [0.15, 0.2) is 5.78 Å². The van der Waals surface area contributed by atoms with E-state index in [1.54, 1.807) is 4.99 Å². The quantitative estimate of drug-likeness (QED) is 0.349. The molecule has 0 rings (SSSR count). The van der Waals surface area contributed by atoms with Crippen LogP contribution in [0, 0.1) is 0 Å². The highest BCUT2D eigenvalue weighted by Crippen LogP contribution is 2.15. The molecular formula is C15H27BrO. The van der Waals surface area contributed by atoms with Crippen LogP contribution in [-0.2, 0) is 4.79 Å². The Balaban J connectivity index is 3.41. The molecule has 0 aromatic rings. The summed E-state index contributed by atoms with van der Waals surface area (Å²) >= 11 is 3.29. The Morgan fingerprint density at radius 3 is 1.94 bits per heavy atom. The average Bonchev–Trinajstić information content (AvgIpc) is 2.36. The van der Waals surface area contributed by atoms with Gasteiger partial charge in [-0.3, -0.25) is 4.79 Å². The van der Waals surface area contributed by atoms with Gasteiger partial charge in [-0.15, -0.1) is 0 Å². The second kappa shape index (κ2) is 12.3. The van der Waals surface area contributed by atoms with E-state index in [2.05, 4.69) is 22.9 Å². The van der Waals surface area contributed by atoms with Crippen molar-refractivity contribution in [2.24, 2.45) is 0 Å². The number of unbranched alkanes of at least 4 members (excludes halogenated alkanes) is 7.